The fourth-order valence-corrected chi connectivity index (χ4v) is 4.35. The van der Waals surface area contributed by atoms with Crippen LogP contribution in [0.5, 0.6) is 5.75 Å². The number of thiophene rings is 1. The molecule has 2 aromatic heterocycles. The van der Waals surface area contributed by atoms with Crippen molar-refractivity contribution in [3.8, 4) is 5.75 Å². The van der Waals surface area contributed by atoms with Crippen molar-refractivity contribution >= 4 is 23.3 Å². The van der Waals surface area contributed by atoms with Crippen LogP contribution in [0.3, 0.4) is 0 Å². The predicted molar refractivity (Wildman–Crippen MR) is 112 cm³/mol. The van der Waals surface area contributed by atoms with Gasteiger partial charge in [-0.1, -0.05) is 18.2 Å². The van der Waals surface area contributed by atoms with Crippen LogP contribution in [0.15, 0.2) is 66.2 Å². The number of ether oxygens (including phenoxy) is 1. The smallest absolute Gasteiger partial charge is 0.247 e. The standard InChI is InChI=1S/C23H22N2O2S/c1-17-21-12-15-28-22(21)11-14-25(17)23(26)10-7-18-5-8-20(9-6-18)27-16-19-4-2-3-13-24-19/h2-10,12-13,15,17H,11,14,16H2,1H3/b10-7+/t17-/m1/s1. The third kappa shape index (κ3) is 4.15. The Kier molecular flexibility index (Phi) is 5.53. The minimum atomic E-state index is 0.0554. The minimum Gasteiger partial charge on any atom is -0.487 e. The average molecular weight is 391 g/mol. The molecule has 28 heavy (non-hydrogen) atoms. The molecule has 1 aliphatic heterocycles. The average Bonchev–Trinajstić information content (AvgIpc) is 3.22. The second-order valence-corrected chi connectivity index (χ2v) is 7.77. The van der Waals surface area contributed by atoms with Gasteiger partial charge in [-0.25, -0.2) is 0 Å². The Morgan fingerprint density at radius 2 is 2.11 bits per heavy atom. The molecule has 4 rings (SSSR count). The van der Waals surface area contributed by atoms with Gasteiger partial charge >= 0.3 is 0 Å². The number of nitrogens with zero attached hydrogens (tertiary/aromatic N) is 2. The van der Waals surface area contributed by atoms with Crippen molar-refractivity contribution in [3.63, 3.8) is 0 Å². The predicted octanol–water partition coefficient (Wildman–Crippen LogP) is 4.88. The van der Waals surface area contributed by atoms with E-state index in [1.54, 1.807) is 23.6 Å². The topological polar surface area (TPSA) is 42.4 Å². The molecule has 3 heterocycles. The maximum absolute atomic E-state index is 12.7. The highest BCUT2D eigenvalue weighted by atomic mass is 32.1. The summed E-state index contributed by atoms with van der Waals surface area (Å²) >= 11 is 1.79. The van der Waals surface area contributed by atoms with Gasteiger partial charge in [0.25, 0.3) is 0 Å². The first-order valence-corrected chi connectivity index (χ1v) is 10.3. The Balaban J connectivity index is 1.35. The Morgan fingerprint density at radius 3 is 2.89 bits per heavy atom. The summed E-state index contributed by atoms with van der Waals surface area (Å²) in [6.07, 6.45) is 6.23. The van der Waals surface area contributed by atoms with E-state index in [-0.39, 0.29) is 11.9 Å². The highest BCUT2D eigenvalue weighted by Gasteiger charge is 2.26. The van der Waals surface area contributed by atoms with Crippen LogP contribution in [-0.4, -0.2) is 22.3 Å². The van der Waals surface area contributed by atoms with Crippen LogP contribution in [0, 0.1) is 0 Å². The number of carbonyl (C=O) groups excluding carboxylic acids is 1. The van der Waals surface area contributed by atoms with Gasteiger partial charge in [0.05, 0.1) is 11.7 Å². The molecule has 142 valence electrons. The van der Waals surface area contributed by atoms with E-state index in [9.17, 15) is 4.79 Å². The van der Waals surface area contributed by atoms with Gasteiger partial charge in [-0.05, 0) is 66.3 Å². The lowest BCUT2D eigenvalue weighted by molar-refractivity contribution is -0.128. The molecule has 0 saturated carbocycles. The van der Waals surface area contributed by atoms with Crippen LogP contribution >= 0.6 is 11.3 Å². The van der Waals surface area contributed by atoms with Gasteiger partial charge in [-0.15, -0.1) is 11.3 Å². The fraction of sp³-hybridized carbons (Fsp3) is 0.217. The lowest BCUT2D eigenvalue weighted by atomic mass is 10.0. The van der Waals surface area contributed by atoms with Crippen molar-refractivity contribution in [2.45, 2.75) is 26.0 Å². The van der Waals surface area contributed by atoms with Crippen LogP contribution in [0.4, 0.5) is 0 Å². The van der Waals surface area contributed by atoms with E-state index in [0.717, 1.165) is 30.0 Å². The first-order valence-electron chi connectivity index (χ1n) is 9.38. The molecule has 1 amide bonds. The molecule has 0 spiro atoms. The Morgan fingerprint density at radius 1 is 1.25 bits per heavy atom. The number of benzene rings is 1. The van der Waals surface area contributed by atoms with Gasteiger partial charge in [-0.3, -0.25) is 9.78 Å². The molecule has 5 heteroatoms. The highest BCUT2D eigenvalue weighted by molar-refractivity contribution is 7.10. The first kappa shape index (κ1) is 18.4. The van der Waals surface area contributed by atoms with Gasteiger partial charge in [0.2, 0.25) is 5.91 Å². The monoisotopic (exact) mass is 390 g/mol. The molecule has 1 aromatic carbocycles. The zero-order valence-electron chi connectivity index (χ0n) is 15.7. The first-order chi connectivity index (χ1) is 13.7. The molecule has 4 nitrogen and oxygen atoms in total. The van der Waals surface area contributed by atoms with Crippen molar-refractivity contribution in [3.05, 3.63) is 87.9 Å². The van der Waals surface area contributed by atoms with E-state index < -0.39 is 0 Å². The van der Waals surface area contributed by atoms with E-state index >= 15 is 0 Å². The number of aromatic nitrogens is 1. The van der Waals surface area contributed by atoms with Crippen molar-refractivity contribution in [2.24, 2.45) is 0 Å². The summed E-state index contributed by atoms with van der Waals surface area (Å²) in [7, 11) is 0. The maximum Gasteiger partial charge on any atom is 0.247 e. The van der Waals surface area contributed by atoms with Crippen molar-refractivity contribution < 1.29 is 9.53 Å². The number of carbonyl (C=O) groups is 1. The van der Waals surface area contributed by atoms with Crippen molar-refractivity contribution in [1.82, 2.24) is 9.88 Å². The Bertz CT molecular complexity index is 964. The van der Waals surface area contributed by atoms with Crippen LogP contribution in [0.2, 0.25) is 0 Å². The lowest BCUT2D eigenvalue weighted by Gasteiger charge is -2.32. The molecule has 0 bridgehead atoms. The summed E-state index contributed by atoms with van der Waals surface area (Å²) < 4.78 is 5.75. The van der Waals surface area contributed by atoms with Gasteiger partial charge in [0.1, 0.15) is 12.4 Å². The quantitative estimate of drug-likeness (QED) is 0.583. The third-order valence-electron chi connectivity index (χ3n) is 4.97. The number of rotatable bonds is 5. The summed E-state index contributed by atoms with van der Waals surface area (Å²) in [6, 6.07) is 15.8. The number of hydrogen-bond donors (Lipinski definition) is 0. The molecule has 0 aliphatic carbocycles. The zero-order chi connectivity index (χ0) is 19.3. The van der Waals surface area contributed by atoms with Gasteiger partial charge in [0.15, 0.2) is 0 Å². The van der Waals surface area contributed by atoms with Crippen molar-refractivity contribution in [2.75, 3.05) is 6.54 Å². The van der Waals surface area contributed by atoms with E-state index in [4.69, 9.17) is 4.74 Å². The zero-order valence-corrected chi connectivity index (χ0v) is 16.6. The van der Waals surface area contributed by atoms with E-state index in [1.165, 1.54) is 10.4 Å². The summed E-state index contributed by atoms with van der Waals surface area (Å²) in [6.45, 7) is 3.31. The summed E-state index contributed by atoms with van der Waals surface area (Å²) in [5.74, 6) is 0.837. The molecule has 0 N–H and O–H groups in total. The molecule has 0 saturated heterocycles. The molecule has 0 radical (unpaired) electrons. The SMILES string of the molecule is C[C@@H]1c2ccsc2CCN1C(=O)/C=C/c1ccc(OCc2ccccn2)cc1. The number of fused-ring (bicyclic) bond motifs is 1. The van der Waals surface area contributed by atoms with Crippen LogP contribution in [0.25, 0.3) is 6.08 Å². The number of amides is 1. The van der Waals surface area contributed by atoms with Gasteiger partial charge in [0, 0.05) is 23.7 Å². The summed E-state index contributed by atoms with van der Waals surface area (Å²) in [5, 5.41) is 2.11. The normalized spacial score (nSPS) is 16.2. The Hall–Kier alpha value is -2.92. The van der Waals surface area contributed by atoms with E-state index in [0.29, 0.717) is 6.61 Å². The number of hydrogen-bond acceptors (Lipinski definition) is 4. The van der Waals surface area contributed by atoms with Crippen LogP contribution < -0.4 is 4.74 Å². The second kappa shape index (κ2) is 8.40. The summed E-state index contributed by atoms with van der Waals surface area (Å²) in [5.41, 5.74) is 3.15. The molecule has 0 fully saturated rings. The second-order valence-electron chi connectivity index (χ2n) is 6.77. The highest BCUT2D eigenvalue weighted by Crippen LogP contribution is 2.32. The van der Waals surface area contributed by atoms with E-state index in [2.05, 4.69) is 23.4 Å². The molecule has 1 atom stereocenters. The van der Waals surface area contributed by atoms with Crippen LogP contribution in [-0.2, 0) is 17.8 Å². The third-order valence-corrected chi connectivity index (χ3v) is 5.97. The summed E-state index contributed by atoms with van der Waals surface area (Å²) in [4.78, 5) is 20.2. The van der Waals surface area contributed by atoms with Gasteiger partial charge in [-0.2, -0.15) is 0 Å². The number of pyridine rings is 1. The molecular formula is C23H22N2O2S. The van der Waals surface area contributed by atoms with Gasteiger partial charge < -0.3 is 9.64 Å². The molecular weight excluding hydrogens is 368 g/mol. The minimum absolute atomic E-state index is 0.0554. The molecule has 1 aliphatic rings. The largest absolute Gasteiger partial charge is 0.487 e. The molecule has 0 unspecified atom stereocenters. The maximum atomic E-state index is 12.7. The van der Waals surface area contributed by atoms with E-state index in [1.807, 2.05) is 53.4 Å². The van der Waals surface area contributed by atoms with Crippen LogP contribution in [0.1, 0.15) is 34.7 Å². The van der Waals surface area contributed by atoms with Crippen molar-refractivity contribution in [1.29, 1.82) is 0 Å². The lowest BCUT2D eigenvalue weighted by Crippen LogP contribution is -2.37. The Labute approximate surface area is 169 Å². The fourth-order valence-electron chi connectivity index (χ4n) is 3.39. The molecule has 3 aromatic rings.